The number of thiophene rings is 1. The molecule has 0 spiro atoms. The molecule has 6 heteroatoms. The Morgan fingerprint density at radius 3 is 2.65 bits per heavy atom. The van der Waals surface area contributed by atoms with Gasteiger partial charge >= 0.3 is 0 Å². The standard InChI is InChI=1S/C11H10N2O3S/c14-9-6-13(7-10(15)12-9)11(16)4-3-8-2-1-5-17-8/h1-5H,6-7H2,(H,12,14,15). The third-order valence-corrected chi connectivity index (χ3v) is 3.03. The lowest BCUT2D eigenvalue weighted by Gasteiger charge is -2.24. The van der Waals surface area contributed by atoms with E-state index in [1.54, 1.807) is 6.08 Å². The first kappa shape index (κ1) is 11.5. The molecule has 0 aliphatic carbocycles. The van der Waals surface area contributed by atoms with Gasteiger partial charge in [0.1, 0.15) is 13.1 Å². The maximum Gasteiger partial charge on any atom is 0.247 e. The van der Waals surface area contributed by atoms with Crippen molar-refractivity contribution >= 4 is 35.1 Å². The minimum Gasteiger partial charge on any atom is -0.321 e. The summed E-state index contributed by atoms with van der Waals surface area (Å²) in [5.74, 6) is -1.22. The van der Waals surface area contributed by atoms with Gasteiger partial charge in [-0.3, -0.25) is 19.7 Å². The van der Waals surface area contributed by atoms with Crippen LogP contribution >= 0.6 is 11.3 Å². The predicted octanol–water partition coefficient (Wildman–Crippen LogP) is 0.246. The zero-order valence-electron chi connectivity index (χ0n) is 8.88. The van der Waals surface area contributed by atoms with E-state index < -0.39 is 11.8 Å². The van der Waals surface area contributed by atoms with Crippen LogP contribution in [0.3, 0.4) is 0 Å². The lowest BCUT2D eigenvalue weighted by molar-refractivity contribution is -0.143. The molecule has 0 saturated carbocycles. The molecule has 1 fully saturated rings. The fourth-order valence-electron chi connectivity index (χ4n) is 1.44. The van der Waals surface area contributed by atoms with Crippen molar-refractivity contribution in [3.63, 3.8) is 0 Å². The van der Waals surface area contributed by atoms with Crippen molar-refractivity contribution in [2.75, 3.05) is 13.1 Å². The van der Waals surface area contributed by atoms with Crippen LogP contribution in [-0.2, 0) is 14.4 Å². The average Bonchev–Trinajstić information content (AvgIpc) is 2.77. The van der Waals surface area contributed by atoms with Crippen molar-refractivity contribution in [2.24, 2.45) is 0 Å². The van der Waals surface area contributed by atoms with Crippen molar-refractivity contribution in [3.05, 3.63) is 28.5 Å². The van der Waals surface area contributed by atoms with E-state index >= 15 is 0 Å². The van der Waals surface area contributed by atoms with Gasteiger partial charge in [0, 0.05) is 11.0 Å². The van der Waals surface area contributed by atoms with E-state index in [1.165, 1.54) is 22.3 Å². The van der Waals surface area contributed by atoms with Crippen molar-refractivity contribution in [2.45, 2.75) is 0 Å². The third-order valence-electron chi connectivity index (χ3n) is 2.19. The van der Waals surface area contributed by atoms with Crippen LogP contribution in [0.15, 0.2) is 23.6 Å². The van der Waals surface area contributed by atoms with Gasteiger partial charge in [0.2, 0.25) is 17.7 Å². The summed E-state index contributed by atoms with van der Waals surface area (Å²) in [4.78, 5) is 36.0. The number of nitrogens with one attached hydrogen (secondary N) is 1. The van der Waals surface area contributed by atoms with Crippen LogP contribution in [0.5, 0.6) is 0 Å². The van der Waals surface area contributed by atoms with Gasteiger partial charge in [-0.2, -0.15) is 0 Å². The molecule has 0 unspecified atom stereocenters. The van der Waals surface area contributed by atoms with Crippen LogP contribution in [0.4, 0.5) is 0 Å². The molecule has 0 atom stereocenters. The van der Waals surface area contributed by atoms with Gasteiger partial charge in [-0.05, 0) is 17.5 Å². The van der Waals surface area contributed by atoms with Crippen molar-refractivity contribution in [1.82, 2.24) is 10.2 Å². The second-order valence-electron chi connectivity index (χ2n) is 3.51. The van der Waals surface area contributed by atoms with Crippen molar-refractivity contribution in [3.8, 4) is 0 Å². The van der Waals surface area contributed by atoms with E-state index in [-0.39, 0.29) is 19.0 Å². The van der Waals surface area contributed by atoms with Crippen LogP contribution < -0.4 is 5.32 Å². The highest BCUT2D eigenvalue weighted by molar-refractivity contribution is 7.10. The second kappa shape index (κ2) is 4.92. The summed E-state index contributed by atoms with van der Waals surface area (Å²) in [6.07, 6.45) is 3.04. The molecular formula is C11H10N2O3S. The average molecular weight is 250 g/mol. The Morgan fingerprint density at radius 1 is 1.35 bits per heavy atom. The first-order chi connectivity index (χ1) is 8.15. The number of rotatable bonds is 2. The fraction of sp³-hybridized carbons (Fsp3) is 0.182. The number of imide groups is 1. The van der Waals surface area contributed by atoms with Crippen LogP contribution in [0.25, 0.3) is 6.08 Å². The van der Waals surface area contributed by atoms with Crippen LogP contribution in [0, 0.1) is 0 Å². The van der Waals surface area contributed by atoms with E-state index in [9.17, 15) is 14.4 Å². The maximum absolute atomic E-state index is 11.7. The molecule has 1 aromatic heterocycles. The summed E-state index contributed by atoms with van der Waals surface area (Å²) in [5, 5.41) is 4.04. The van der Waals surface area contributed by atoms with E-state index in [4.69, 9.17) is 0 Å². The van der Waals surface area contributed by atoms with Crippen LogP contribution in [0.1, 0.15) is 4.88 Å². The van der Waals surface area contributed by atoms with Gasteiger partial charge in [-0.1, -0.05) is 6.07 Å². The molecule has 3 amide bonds. The highest BCUT2D eigenvalue weighted by atomic mass is 32.1. The summed E-state index contributed by atoms with van der Waals surface area (Å²) in [6.45, 7) is -0.140. The van der Waals surface area contributed by atoms with Gasteiger partial charge in [-0.25, -0.2) is 0 Å². The third kappa shape index (κ3) is 3.01. The van der Waals surface area contributed by atoms with E-state index in [0.717, 1.165) is 4.88 Å². The Kier molecular flexibility index (Phi) is 3.34. The summed E-state index contributed by atoms with van der Waals surface area (Å²) in [6, 6.07) is 3.76. The highest BCUT2D eigenvalue weighted by Gasteiger charge is 2.24. The first-order valence-electron chi connectivity index (χ1n) is 4.98. The Morgan fingerprint density at radius 2 is 2.06 bits per heavy atom. The van der Waals surface area contributed by atoms with Gasteiger partial charge in [0.05, 0.1) is 0 Å². The second-order valence-corrected chi connectivity index (χ2v) is 4.49. The van der Waals surface area contributed by atoms with Crippen molar-refractivity contribution < 1.29 is 14.4 Å². The zero-order chi connectivity index (χ0) is 12.3. The molecule has 17 heavy (non-hydrogen) atoms. The molecule has 0 radical (unpaired) electrons. The van der Waals surface area contributed by atoms with Gasteiger partial charge in [-0.15, -0.1) is 11.3 Å². The van der Waals surface area contributed by atoms with E-state index in [1.807, 2.05) is 17.5 Å². The number of piperazine rings is 1. The topological polar surface area (TPSA) is 66.5 Å². The summed E-state index contributed by atoms with van der Waals surface area (Å²) in [7, 11) is 0. The van der Waals surface area contributed by atoms with E-state index in [2.05, 4.69) is 5.32 Å². The Bertz CT molecular complexity index is 463. The summed E-state index contributed by atoms with van der Waals surface area (Å²) in [5.41, 5.74) is 0. The summed E-state index contributed by atoms with van der Waals surface area (Å²) < 4.78 is 0. The van der Waals surface area contributed by atoms with Crippen LogP contribution in [0.2, 0.25) is 0 Å². The molecule has 5 nitrogen and oxygen atoms in total. The lowest BCUT2D eigenvalue weighted by atomic mass is 10.3. The minimum atomic E-state index is -0.445. The number of amides is 3. The SMILES string of the molecule is O=C1CN(C(=O)C=Cc2cccs2)CC(=O)N1. The fourth-order valence-corrected chi connectivity index (χ4v) is 2.06. The molecule has 88 valence electrons. The molecule has 0 bridgehead atoms. The van der Waals surface area contributed by atoms with Crippen LogP contribution in [-0.4, -0.2) is 35.7 Å². The van der Waals surface area contributed by atoms with Gasteiger partial charge in [0.25, 0.3) is 0 Å². The maximum atomic E-state index is 11.7. The highest BCUT2D eigenvalue weighted by Crippen LogP contribution is 2.10. The minimum absolute atomic E-state index is 0.0701. The molecule has 1 aliphatic heterocycles. The molecule has 2 heterocycles. The van der Waals surface area contributed by atoms with Gasteiger partial charge < -0.3 is 4.90 Å². The number of nitrogens with zero attached hydrogens (tertiary/aromatic N) is 1. The molecular weight excluding hydrogens is 240 g/mol. The molecule has 1 aliphatic rings. The molecule has 1 aromatic rings. The Balaban J connectivity index is 2.00. The smallest absolute Gasteiger partial charge is 0.247 e. The molecule has 1 saturated heterocycles. The normalized spacial score (nSPS) is 16.4. The molecule has 1 N–H and O–H groups in total. The Labute approximate surface area is 102 Å². The van der Waals surface area contributed by atoms with E-state index in [0.29, 0.717) is 0 Å². The quantitative estimate of drug-likeness (QED) is 0.604. The zero-order valence-corrected chi connectivity index (χ0v) is 9.70. The lowest BCUT2D eigenvalue weighted by Crippen LogP contribution is -2.52. The molecule has 0 aromatic carbocycles. The summed E-state index contributed by atoms with van der Waals surface area (Å²) >= 11 is 1.51. The number of hydrogen-bond acceptors (Lipinski definition) is 4. The molecule has 2 rings (SSSR count). The van der Waals surface area contributed by atoms with Crippen molar-refractivity contribution in [1.29, 1.82) is 0 Å². The predicted molar refractivity (Wildman–Crippen MR) is 63.1 cm³/mol. The number of carbonyl (C=O) groups excluding carboxylic acids is 3. The number of carbonyl (C=O) groups is 3. The largest absolute Gasteiger partial charge is 0.321 e. The monoisotopic (exact) mass is 250 g/mol. The Hall–Kier alpha value is -1.95. The first-order valence-corrected chi connectivity index (χ1v) is 5.86. The van der Waals surface area contributed by atoms with Gasteiger partial charge in [0.15, 0.2) is 0 Å². The number of hydrogen-bond donors (Lipinski definition) is 1.